The number of benzene rings is 1. The number of nitrogens with zero attached hydrogens (tertiary/aromatic N) is 3. The minimum atomic E-state index is -0.0341. The van der Waals surface area contributed by atoms with Crippen molar-refractivity contribution in [3.05, 3.63) is 46.7 Å². The Morgan fingerprint density at radius 1 is 1.38 bits per heavy atom. The van der Waals surface area contributed by atoms with E-state index in [4.69, 9.17) is 17.3 Å². The van der Waals surface area contributed by atoms with Crippen LogP contribution in [0.25, 0.3) is 5.69 Å². The second kappa shape index (κ2) is 6.95. The Balaban J connectivity index is 1.93. The summed E-state index contributed by atoms with van der Waals surface area (Å²) in [6.45, 7) is 4.62. The molecular weight excluding hydrogens is 324 g/mol. The van der Waals surface area contributed by atoms with Crippen LogP contribution in [-0.2, 0) is 0 Å². The lowest BCUT2D eigenvalue weighted by Crippen LogP contribution is -2.51. The first-order valence-corrected chi connectivity index (χ1v) is 8.74. The number of nitrogens with two attached hydrogens (primary N) is 1. The molecule has 0 aliphatic carbocycles. The Bertz CT molecular complexity index is 740. The van der Waals surface area contributed by atoms with Crippen LogP contribution in [0.3, 0.4) is 0 Å². The van der Waals surface area contributed by atoms with Crippen LogP contribution in [-0.4, -0.2) is 39.2 Å². The number of likely N-dealkylation sites (tertiary alicyclic amines) is 1. The van der Waals surface area contributed by atoms with Crippen molar-refractivity contribution in [3.8, 4) is 5.69 Å². The molecule has 3 rings (SSSR count). The van der Waals surface area contributed by atoms with Gasteiger partial charge in [0.05, 0.1) is 28.2 Å². The predicted molar refractivity (Wildman–Crippen MR) is 95.6 cm³/mol. The molecule has 2 N–H and O–H groups in total. The molecule has 6 heteroatoms. The first-order chi connectivity index (χ1) is 11.5. The minimum Gasteiger partial charge on any atom is -0.334 e. The highest BCUT2D eigenvalue weighted by atomic mass is 35.5. The maximum atomic E-state index is 13.0. The molecule has 0 radical (unpaired) electrons. The van der Waals surface area contributed by atoms with Crippen molar-refractivity contribution in [3.63, 3.8) is 0 Å². The average Bonchev–Trinajstić information content (AvgIpc) is 2.96. The Morgan fingerprint density at radius 3 is 2.83 bits per heavy atom. The number of carbonyl (C=O) groups excluding carboxylic acids is 1. The zero-order chi connectivity index (χ0) is 17.3. The Morgan fingerprint density at radius 2 is 2.12 bits per heavy atom. The lowest BCUT2D eigenvalue weighted by Gasteiger charge is -2.38. The van der Waals surface area contributed by atoms with Crippen LogP contribution in [0.1, 0.15) is 42.2 Å². The van der Waals surface area contributed by atoms with E-state index in [1.54, 1.807) is 10.9 Å². The quantitative estimate of drug-likeness (QED) is 0.928. The molecule has 5 nitrogen and oxygen atoms in total. The molecule has 0 bridgehead atoms. The normalized spacial score (nSPS) is 19.3. The van der Waals surface area contributed by atoms with Gasteiger partial charge in [0.15, 0.2) is 0 Å². The van der Waals surface area contributed by atoms with Gasteiger partial charge in [0.25, 0.3) is 5.91 Å². The van der Waals surface area contributed by atoms with E-state index in [1.807, 2.05) is 43.0 Å². The van der Waals surface area contributed by atoms with Crippen molar-refractivity contribution >= 4 is 17.5 Å². The summed E-state index contributed by atoms with van der Waals surface area (Å²) in [5.74, 6) is 0.00723. The second-order valence-electron chi connectivity index (χ2n) is 6.43. The summed E-state index contributed by atoms with van der Waals surface area (Å²) in [6, 6.07) is 7.54. The fourth-order valence-corrected chi connectivity index (χ4v) is 3.61. The third kappa shape index (κ3) is 3.06. The van der Waals surface area contributed by atoms with E-state index in [9.17, 15) is 4.79 Å². The number of aromatic nitrogens is 2. The summed E-state index contributed by atoms with van der Waals surface area (Å²) in [6.07, 6.45) is 4.73. The van der Waals surface area contributed by atoms with Gasteiger partial charge >= 0.3 is 0 Å². The lowest BCUT2D eigenvalue weighted by atomic mass is 9.96. The van der Waals surface area contributed by atoms with Crippen LogP contribution in [0.5, 0.6) is 0 Å². The van der Waals surface area contributed by atoms with Crippen LogP contribution in [0.2, 0.25) is 5.02 Å². The van der Waals surface area contributed by atoms with Crippen LogP contribution >= 0.6 is 11.6 Å². The summed E-state index contributed by atoms with van der Waals surface area (Å²) in [5.41, 5.74) is 8.28. The molecule has 2 heterocycles. The third-order valence-electron chi connectivity index (χ3n) is 4.74. The topological polar surface area (TPSA) is 64.2 Å². The number of piperidine rings is 1. The molecule has 1 saturated heterocycles. The largest absolute Gasteiger partial charge is 0.334 e. The molecule has 1 aromatic carbocycles. The van der Waals surface area contributed by atoms with E-state index in [0.29, 0.717) is 10.6 Å². The van der Waals surface area contributed by atoms with Crippen molar-refractivity contribution in [1.29, 1.82) is 0 Å². The number of para-hydroxylation sites is 1. The van der Waals surface area contributed by atoms with Crippen LogP contribution in [0.4, 0.5) is 0 Å². The highest BCUT2D eigenvalue weighted by molar-refractivity contribution is 6.32. The molecular formula is C18H23ClN4O. The zero-order valence-electron chi connectivity index (χ0n) is 14.1. The van der Waals surface area contributed by atoms with Gasteiger partial charge in [-0.25, -0.2) is 4.68 Å². The van der Waals surface area contributed by atoms with Gasteiger partial charge in [-0.3, -0.25) is 4.79 Å². The van der Waals surface area contributed by atoms with Crippen molar-refractivity contribution in [1.82, 2.24) is 14.7 Å². The summed E-state index contributed by atoms with van der Waals surface area (Å²) >= 11 is 6.26. The van der Waals surface area contributed by atoms with Crippen molar-refractivity contribution < 1.29 is 4.79 Å². The fourth-order valence-electron chi connectivity index (χ4n) is 3.40. The van der Waals surface area contributed by atoms with Gasteiger partial charge in [0.2, 0.25) is 0 Å². The van der Waals surface area contributed by atoms with Gasteiger partial charge in [-0.05, 0) is 45.2 Å². The zero-order valence-corrected chi connectivity index (χ0v) is 14.8. The monoisotopic (exact) mass is 346 g/mol. The van der Waals surface area contributed by atoms with Crippen LogP contribution < -0.4 is 5.73 Å². The summed E-state index contributed by atoms with van der Waals surface area (Å²) in [4.78, 5) is 15.0. The second-order valence-corrected chi connectivity index (χ2v) is 6.83. The number of halogens is 1. The van der Waals surface area contributed by atoms with Gasteiger partial charge in [-0.1, -0.05) is 23.7 Å². The molecule has 24 heavy (non-hydrogen) atoms. The van der Waals surface area contributed by atoms with E-state index in [1.165, 1.54) is 0 Å². The van der Waals surface area contributed by atoms with Crippen molar-refractivity contribution in [2.45, 2.75) is 45.2 Å². The number of hydrogen-bond acceptors (Lipinski definition) is 3. The van der Waals surface area contributed by atoms with E-state index in [0.717, 1.165) is 37.2 Å². The highest BCUT2D eigenvalue weighted by Crippen LogP contribution is 2.25. The smallest absolute Gasteiger partial charge is 0.257 e. The van der Waals surface area contributed by atoms with E-state index in [-0.39, 0.29) is 18.0 Å². The number of rotatable bonds is 3. The van der Waals surface area contributed by atoms with Crippen LogP contribution in [0.15, 0.2) is 30.5 Å². The molecule has 0 spiro atoms. The van der Waals surface area contributed by atoms with Crippen molar-refractivity contribution in [2.24, 2.45) is 5.73 Å². The average molecular weight is 347 g/mol. The van der Waals surface area contributed by atoms with E-state index in [2.05, 4.69) is 5.10 Å². The van der Waals surface area contributed by atoms with Gasteiger partial charge in [-0.15, -0.1) is 0 Å². The van der Waals surface area contributed by atoms with Gasteiger partial charge < -0.3 is 10.6 Å². The summed E-state index contributed by atoms with van der Waals surface area (Å²) in [5, 5.41) is 4.99. The fraction of sp³-hybridized carbons (Fsp3) is 0.444. The van der Waals surface area contributed by atoms with Gasteiger partial charge in [-0.2, -0.15) is 5.10 Å². The molecule has 1 aliphatic heterocycles. The molecule has 0 saturated carbocycles. The van der Waals surface area contributed by atoms with Crippen LogP contribution in [0, 0.1) is 6.92 Å². The Hall–Kier alpha value is -1.85. The summed E-state index contributed by atoms with van der Waals surface area (Å²) < 4.78 is 1.72. The Kier molecular flexibility index (Phi) is 4.92. The summed E-state index contributed by atoms with van der Waals surface area (Å²) in [7, 11) is 0. The first kappa shape index (κ1) is 17.0. The molecule has 2 aromatic rings. The number of amides is 1. The van der Waals surface area contributed by atoms with E-state index < -0.39 is 0 Å². The number of carbonyl (C=O) groups is 1. The maximum Gasteiger partial charge on any atom is 0.257 e. The minimum absolute atomic E-state index is 0.00723. The molecule has 1 aromatic heterocycles. The van der Waals surface area contributed by atoms with E-state index >= 15 is 0 Å². The third-order valence-corrected chi connectivity index (χ3v) is 5.06. The molecule has 1 fully saturated rings. The molecule has 1 aliphatic rings. The lowest BCUT2D eigenvalue weighted by molar-refractivity contribution is 0.0583. The Labute approximate surface area is 147 Å². The molecule has 2 unspecified atom stereocenters. The first-order valence-electron chi connectivity index (χ1n) is 8.36. The highest BCUT2D eigenvalue weighted by Gasteiger charge is 2.31. The van der Waals surface area contributed by atoms with Gasteiger partial charge in [0.1, 0.15) is 0 Å². The standard InChI is InChI=1S/C18H23ClN4O/c1-12(20)16-8-5-6-10-22(16)18(24)14-11-21-23(13(14)2)17-9-4-3-7-15(17)19/h3-4,7,9,11-12,16H,5-6,8,10,20H2,1-2H3. The predicted octanol–water partition coefficient (Wildman–Crippen LogP) is 3.18. The van der Waals surface area contributed by atoms with Gasteiger partial charge in [0, 0.05) is 18.6 Å². The van der Waals surface area contributed by atoms with Crippen molar-refractivity contribution in [2.75, 3.05) is 6.54 Å². The SMILES string of the molecule is Cc1c(C(=O)N2CCCCC2C(C)N)cnn1-c1ccccc1Cl. The number of hydrogen-bond donors (Lipinski definition) is 1. The molecule has 128 valence electrons. The molecule has 1 amide bonds. The molecule has 2 atom stereocenters. The maximum absolute atomic E-state index is 13.0.